The van der Waals surface area contributed by atoms with Gasteiger partial charge < -0.3 is 15.4 Å². The van der Waals surface area contributed by atoms with Gasteiger partial charge in [0.15, 0.2) is 5.96 Å². The third kappa shape index (κ3) is 11.5. The van der Waals surface area contributed by atoms with Crippen molar-refractivity contribution in [2.24, 2.45) is 4.99 Å². The maximum absolute atomic E-state index is 12.1. The highest BCUT2D eigenvalue weighted by Gasteiger charge is 2.25. The molecule has 0 aromatic rings. The molecule has 0 saturated heterocycles. The van der Waals surface area contributed by atoms with E-state index in [1.807, 2.05) is 6.92 Å². The van der Waals surface area contributed by atoms with E-state index in [2.05, 4.69) is 15.6 Å². The fourth-order valence-corrected chi connectivity index (χ4v) is 2.74. The van der Waals surface area contributed by atoms with Gasteiger partial charge in [0.25, 0.3) is 0 Å². The van der Waals surface area contributed by atoms with Crippen LogP contribution in [0.15, 0.2) is 4.99 Å². The van der Waals surface area contributed by atoms with E-state index >= 15 is 0 Å². The molecule has 24 heavy (non-hydrogen) atoms. The minimum Gasteiger partial charge on any atom is -0.378 e. The average molecular weight is 351 g/mol. The highest BCUT2D eigenvalue weighted by atomic mass is 19.4. The van der Waals surface area contributed by atoms with Crippen molar-refractivity contribution in [3.05, 3.63) is 0 Å². The molecule has 0 radical (unpaired) electrons. The predicted molar refractivity (Wildman–Crippen MR) is 91.3 cm³/mol. The van der Waals surface area contributed by atoms with Gasteiger partial charge in [-0.05, 0) is 39.0 Å². The van der Waals surface area contributed by atoms with Crippen LogP contribution in [0, 0.1) is 0 Å². The number of guanidine groups is 1. The number of halogens is 3. The summed E-state index contributed by atoms with van der Waals surface area (Å²) in [7, 11) is 0. The standard InChI is InChI=1S/C17H32F3N3O/c1-2-21-16(22-12-7-6-11-17(18,19)20)23-13-8-14-24-15-9-4-3-5-10-15/h15H,2-14H2,1H3,(H2,21,22,23). The Bertz CT molecular complexity index is 342. The molecule has 0 spiro atoms. The van der Waals surface area contributed by atoms with E-state index in [9.17, 15) is 13.2 Å². The summed E-state index contributed by atoms with van der Waals surface area (Å²) in [6.45, 7) is 4.57. The monoisotopic (exact) mass is 351 g/mol. The summed E-state index contributed by atoms with van der Waals surface area (Å²) >= 11 is 0. The zero-order valence-electron chi connectivity index (χ0n) is 14.8. The number of ether oxygens (including phenoxy) is 1. The lowest BCUT2D eigenvalue weighted by Crippen LogP contribution is -2.38. The molecule has 1 fully saturated rings. The van der Waals surface area contributed by atoms with Gasteiger partial charge in [0.2, 0.25) is 0 Å². The smallest absolute Gasteiger partial charge is 0.378 e. The predicted octanol–water partition coefficient (Wildman–Crippen LogP) is 4.01. The number of rotatable bonds is 10. The van der Waals surface area contributed by atoms with Crippen LogP contribution in [0.4, 0.5) is 13.2 Å². The van der Waals surface area contributed by atoms with Crippen LogP contribution >= 0.6 is 0 Å². The zero-order chi connectivity index (χ0) is 17.7. The summed E-state index contributed by atoms with van der Waals surface area (Å²) in [5.74, 6) is 0.669. The molecule has 0 unspecified atom stereocenters. The van der Waals surface area contributed by atoms with Crippen molar-refractivity contribution in [1.29, 1.82) is 0 Å². The Morgan fingerprint density at radius 3 is 2.50 bits per heavy atom. The molecule has 7 heteroatoms. The van der Waals surface area contributed by atoms with E-state index in [-0.39, 0.29) is 6.42 Å². The van der Waals surface area contributed by atoms with Crippen LogP contribution in [-0.4, -0.2) is 44.5 Å². The number of nitrogens with zero attached hydrogens (tertiary/aromatic N) is 1. The van der Waals surface area contributed by atoms with Crippen LogP contribution in [0.5, 0.6) is 0 Å². The topological polar surface area (TPSA) is 45.7 Å². The Hall–Kier alpha value is -0.980. The van der Waals surface area contributed by atoms with Gasteiger partial charge in [-0.1, -0.05) is 19.3 Å². The minimum atomic E-state index is -4.06. The van der Waals surface area contributed by atoms with Gasteiger partial charge in [0.05, 0.1) is 6.10 Å². The zero-order valence-corrected chi connectivity index (χ0v) is 14.8. The van der Waals surface area contributed by atoms with Gasteiger partial charge >= 0.3 is 6.18 Å². The molecule has 0 aromatic heterocycles. The Kier molecular flexibility index (Phi) is 10.9. The first kappa shape index (κ1) is 21.1. The largest absolute Gasteiger partial charge is 0.389 e. The van der Waals surface area contributed by atoms with Gasteiger partial charge in [-0.3, -0.25) is 4.99 Å². The lowest BCUT2D eigenvalue weighted by atomic mass is 9.98. The second kappa shape index (κ2) is 12.4. The van der Waals surface area contributed by atoms with E-state index in [1.54, 1.807) is 0 Å². The lowest BCUT2D eigenvalue weighted by molar-refractivity contribution is -0.135. The summed E-state index contributed by atoms with van der Waals surface area (Å²) in [5.41, 5.74) is 0. The Morgan fingerprint density at radius 2 is 1.83 bits per heavy atom. The molecule has 4 nitrogen and oxygen atoms in total. The molecule has 2 N–H and O–H groups in total. The van der Waals surface area contributed by atoms with Gasteiger partial charge in [-0.2, -0.15) is 13.2 Å². The maximum Gasteiger partial charge on any atom is 0.389 e. The fourth-order valence-electron chi connectivity index (χ4n) is 2.74. The molecule has 0 aliphatic heterocycles. The second-order valence-electron chi connectivity index (χ2n) is 6.24. The van der Waals surface area contributed by atoms with E-state index < -0.39 is 12.6 Å². The molecule has 0 heterocycles. The van der Waals surface area contributed by atoms with Crippen molar-refractivity contribution in [2.75, 3.05) is 26.2 Å². The molecule has 142 valence electrons. The highest BCUT2D eigenvalue weighted by molar-refractivity contribution is 5.79. The number of hydrogen-bond acceptors (Lipinski definition) is 2. The summed E-state index contributed by atoms with van der Waals surface area (Å²) in [6.07, 6.45) is 3.33. The van der Waals surface area contributed by atoms with Gasteiger partial charge in [-0.25, -0.2) is 0 Å². The van der Waals surface area contributed by atoms with Crippen molar-refractivity contribution >= 4 is 5.96 Å². The quantitative estimate of drug-likeness (QED) is 0.355. The summed E-state index contributed by atoms with van der Waals surface area (Å²) in [4.78, 5) is 4.43. The van der Waals surface area contributed by atoms with Crippen molar-refractivity contribution in [3.8, 4) is 0 Å². The van der Waals surface area contributed by atoms with Crippen molar-refractivity contribution in [3.63, 3.8) is 0 Å². The molecular formula is C17H32F3N3O. The van der Waals surface area contributed by atoms with Gasteiger partial charge in [0, 0.05) is 32.7 Å². The Morgan fingerprint density at radius 1 is 1.08 bits per heavy atom. The normalized spacial score (nSPS) is 17.1. The van der Waals surface area contributed by atoms with Crippen molar-refractivity contribution in [1.82, 2.24) is 10.6 Å². The molecule has 1 aliphatic carbocycles. The molecule has 1 saturated carbocycles. The first-order valence-corrected chi connectivity index (χ1v) is 9.22. The third-order valence-electron chi connectivity index (χ3n) is 4.00. The number of unbranched alkanes of at least 4 members (excludes halogenated alkanes) is 1. The first-order chi connectivity index (χ1) is 11.5. The summed E-state index contributed by atoms with van der Waals surface area (Å²) in [6, 6.07) is 0. The van der Waals surface area contributed by atoms with E-state index in [0.29, 0.717) is 31.6 Å². The first-order valence-electron chi connectivity index (χ1n) is 9.22. The third-order valence-corrected chi connectivity index (χ3v) is 4.00. The molecule has 0 atom stereocenters. The van der Waals surface area contributed by atoms with Crippen molar-refractivity contribution in [2.45, 2.75) is 77.0 Å². The van der Waals surface area contributed by atoms with Crippen molar-refractivity contribution < 1.29 is 17.9 Å². The van der Waals surface area contributed by atoms with Gasteiger partial charge in [-0.15, -0.1) is 0 Å². The SMILES string of the molecule is CCNC(=NCCCOC1CCCCC1)NCCCCC(F)(F)F. The number of hydrogen-bond donors (Lipinski definition) is 2. The Balaban J connectivity index is 2.10. The van der Waals surface area contributed by atoms with E-state index in [0.717, 1.165) is 19.6 Å². The summed E-state index contributed by atoms with van der Waals surface area (Å²) < 4.78 is 42.1. The average Bonchev–Trinajstić information content (AvgIpc) is 2.54. The maximum atomic E-state index is 12.1. The van der Waals surface area contributed by atoms with Crippen LogP contribution in [0.2, 0.25) is 0 Å². The van der Waals surface area contributed by atoms with Crippen LogP contribution in [0.25, 0.3) is 0 Å². The fraction of sp³-hybridized carbons (Fsp3) is 0.941. The van der Waals surface area contributed by atoms with Gasteiger partial charge in [0.1, 0.15) is 0 Å². The molecule has 0 aromatic carbocycles. The van der Waals surface area contributed by atoms with Crippen LogP contribution in [0.1, 0.15) is 64.7 Å². The summed E-state index contributed by atoms with van der Waals surface area (Å²) in [5, 5.41) is 6.18. The molecule has 1 rings (SSSR count). The minimum absolute atomic E-state index is 0.144. The molecule has 0 bridgehead atoms. The molecule has 0 amide bonds. The number of nitrogens with one attached hydrogen (secondary N) is 2. The van der Waals surface area contributed by atoms with Crippen LogP contribution in [-0.2, 0) is 4.74 Å². The molecular weight excluding hydrogens is 319 g/mol. The van der Waals surface area contributed by atoms with Crippen LogP contribution in [0.3, 0.4) is 0 Å². The van der Waals surface area contributed by atoms with E-state index in [1.165, 1.54) is 32.1 Å². The number of alkyl halides is 3. The van der Waals surface area contributed by atoms with E-state index in [4.69, 9.17) is 4.74 Å². The highest BCUT2D eigenvalue weighted by Crippen LogP contribution is 2.22. The second-order valence-corrected chi connectivity index (χ2v) is 6.24. The lowest BCUT2D eigenvalue weighted by Gasteiger charge is -2.21. The van der Waals surface area contributed by atoms with Crippen LogP contribution < -0.4 is 10.6 Å². The Labute approximate surface area is 143 Å². The molecule has 1 aliphatic rings. The number of aliphatic imine (C=N–C) groups is 1.